The molecular formula is C26H27FN2O3. The summed E-state index contributed by atoms with van der Waals surface area (Å²) in [7, 11) is 1.62. The lowest BCUT2D eigenvalue weighted by molar-refractivity contribution is -0.126. The minimum atomic E-state index is -0.265. The van der Waals surface area contributed by atoms with Crippen LogP contribution in [0.1, 0.15) is 34.3 Å². The fourth-order valence-corrected chi connectivity index (χ4v) is 4.33. The van der Waals surface area contributed by atoms with E-state index in [1.165, 1.54) is 6.07 Å². The van der Waals surface area contributed by atoms with E-state index in [9.17, 15) is 14.0 Å². The Morgan fingerprint density at radius 1 is 1.12 bits per heavy atom. The Labute approximate surface area is 187 Å². The molecule has 0 bridgehead atoms. The highest BCUT2D eigenvalue weighted by Crippen LogP contribution is 2.30. The van der Waals surface area contributed by atoms with Gasteiger partial charge in [-0.3, -0.25) is 9.59 Å². The molecule has 2 amide bonds. The highest BCUT2D eigenvalue weighted by atomic mass is 19.1. The number of nitrogens with zero attached hydrogens (tertiary/aromatic N) is 1. The third-order valence-electron chi connectivity index (χ3n) is 6.10. The van der Waals surface area contributed by atoms with Gasteiger partial charge in [0.25, 0.3) is 5.91 Å². The van der Waals surface area contributed by atoms with Gasteiger partial charge in [0.1, 0.15) is 11.6 Å². The van der Waals surface area contributed by atoms with Crippen molar-refractivity contribution in [1.29, 1.82) is 0 Å². The van der Waals surface area contributed by atoms with E-state index in [0.29, 0.717) is 30.8 Å². The highest BCUT2D eigenvalue weighted by Gasteiger charge is 2.29. The molecule has 0 spiro atoms. The Bertz CT molecular complexity index is 1160. The maximum Gasteiger partial charge on any atom is 0.254 e. The minimum Gasteiger partial charge on any atom is -0.496 e. The number of hydrogen-bond acceptors (Lipinski definition) is 3. The summed E-state index contributed by atoms with van der Waals surface area (Å²) in [5, 5.41) is 4.68. The van der Waals surface area contributed by atoms with Gasteiger partial charge in [-0.15, -0.1) is 0 Å². The standard InChI is InChI=1S/C26H27FN2O3/c1-17-14-18(9-11-23(17)27)15-28-25(30)19-6-5-13-29(16-19)26(31)22-10-12-24(32-2)21-8-4-3-7-20(21)22/h3-4,7-12,14,19H,5-6,13,15-16H2,1-2H3,(H,28,30)/t19-/m0/s1. The van der Waals surface area contributed by atoms with Crippen molar-refractivity contribution in [2.45, 2.75) is 26.3 Å². The van der Waals surface area contributed by atoms with Crippen LogP contribution in [-0.4, -0.2) is 36.9 Å². The normalized spacial score (nSPS) is 16.1. The van der Waals surface area contributed by atoms with Gasteiger partial charge in [-0.25, -0.2) is 4.39 Å². The summed E-state index contributed by atoms with van der Waals surface area (Å²) in [6.07, 6.45) is 1.51. The number of hydrogen-bond donors (Lipinski definition) is 1. The molecule has 1 fully saturated rings. The van der Waals surface area contributed by atoms with Crippen LogP contribution >= 0.6 is 0 Å². The van der Waals surface area contributed by atoms with Crippen molar-refractivity contribution in [2.24, 2.45) is 5.92 Å². The third kappa shape index (κ3) is 4.44. The van der Waals surface area contributed by atoms with E-state index < -0.39 is 0 Å². The molecule has 166 valence electrons. The number of carbonyl (C=O) groups excluding carboxylic acids is 2. The van der Waals surface area contributed by atoms with E-state index in [-0.39, 0.29) is 23.5 Å². The molecule has 32 heavy (non-hydrogen) atoms. The molecule has 0 saturated carbocycles. The van der Waals surface area contributed by atoms with Gasteiger partial charge in [-0.05, 0) is 54.5 Å². The molecule has 5 nitrogen and oxygen atoms in total. The van der Waals surface area contributed by atoms with Crippen LogP contribution in [0, 0.1) is 18.7 Å². The molecular weight excluding hydrogens is 407 g/mol. The zero-order valence-electron chi connectivity index (χ0n) is 18.4. The first-order chi connectivity index (χ1) is 15.5. The van der Waals surface area contributed by atoms with Crippen molar-refractivity contribution in [3.8, 4) is 5.75 Å². The molecule has 0 radical (unpaired) electrons. The predicted molar refractivity (Wildman–Crippen MR) is 122 cm³/mol. The maximum absolute atomic E-state index is 13.5. The van der Waals surface area contributed by atoms with Crippen LogP contribution in [0.5, 0.6) is 5.75 Å². The molecule has 4 rings (SSSR count). The summed E-state index contributed by atoms with van der Waals surface area (Å²) in [6.45, 7) is 3.05. The second kappa shape index (κ2) is 9.39. The summed E-state index contributed by atoms with van der Waals surface area (Å²) in [4.78, 5) is 27.9. The lowest BCUT2D eigenvalue weighted by atomic mass is 9.95. The molecule has 1 saturated heterocycles. The molecule has 1 aliphatic rings. The highest BCUT2D eigenvalue weighted by molar-refractivity contribution is 6.08. The van der Waals surface area contributed by atoms with E-state index in [0.717, 1.165) is 34.9 Å². The van der Waals surface area contributed by atoms with Gasteiger partial charge in [0, 0.05) is 30.6 Å². The number of halogens is 1. The number of piperidine rings is 1. The molecule has 0 aliphatic carbocycles. The van der Waals surface area contributed by atoms with Crippen LogP contribution in [0.2, 0.25) is 0 Å². The lowest BCUT2D eigenvalue weighted by Crippen LogP contribution is -2.45. The largest absolute Gasteiger partial charge is 0.496 e. The van der Waals surface area contributed by atoms with E-state index >= 15 is 0 Å². The van der Waals surface area contributed by atoms with Crippen molar-refractivity contribution < 1.29 is 18.7 Å². The topological polar surface area (TPSA) is 58.6 Å². The van der Waals surface area contributed by atoms with E-state index in [4.69, 9.17) is 4.74 Å². The number of methoxy groups -OCH3 is 1. The lowest BCUT2D eigenvalue weighted by Gasteiger charge is -2.32. The molecule has 0 unspecified atom stereocenters. The minimum absolute atomic E-state index is 0.0736. The second-order valence-electron chi connectivity index (χ2n) is 8.25. The zero-order valence-corrected chi connectivity index (χ0v) is 18.4. The Morgan fingerprint density at radius 2 is 1.91 bits per heavy atom. The number of likely N-dealkylation sites (tertiary alicyclic amines) is 1. The Morgan fingerprint density at radius 3 is 2.66 bits per heavy atom. The molecule has 3 aromatic rings. The average molecular weight is 435 g/mol. The van der Waals surface area contributed by atoms with Crippen LogP contribution in [-0.2, 0) is 11.3 Å². The summed E-state index contributed by atoms with van der Waals surface area (Å²) in [6, 6.07) is 16.1. The van der Waals surface area contributed by atoms with Gasteiger partial charge in [0.15, 0.2) is 0 Å². The zero-order chi connectivity index (χ0) is 22.7. The fourth-order valence-electron chi connectivity index (χ4n) is 4.33. The van der Waals surface area contributed by atoms with Crippen LogP contribution in [0.4, 0.5) is 4.39 Å². The summed E-state index contributed by atoms with van der Waals surface area (Å²) in [5.74, 6) is 0.0509. The number of fused-ring (bicyclic) bond motifs is 1. The van der Waals surface area contributed by atoms with Gasteiger partial charge >= 0.3 is 0 Å². The number of ether oxygens (including phenoxy) is 1. The van der Waals surface area contributed by atoms with Gasteiger partial charge < -0.3 is 15.0 Å². The van der Waals surface area contributed by atoms with Crippen molar-refractivity contribution in [1.82, 2.24) is 10.2 Å². The Hall–Kier alpha value is -3.41. The van der Waals surface area contributed by atoms with Crippen LogP contribution < -0.4 is 10.1 Å². The monoisotopic (exact) mass is 434 g/mol. The van der Waals surface area contributed by atoms with Crippen molar-refractivity contribution in [2.75, 3.05) is 20.2 Å². The number of benzene rings is 3. The van der Waals surface area contributed by atoms with Crippen molar-refractivity contribution in [3.63, 3.8) is 0 Å². The first kappa shape index (κ1) is 21.8. The number of rotatable bonds is 5. The molecule has 6 heteroatoms. The molecule has 1 aliphatic heterocycles. The second-order valence-corrected chi connectivity index (χ2v) is 8.25. The Kier molecular flexibility index (Phi) is 6.40. The molecule has 1 atom stereocenters. The number of amides is 2. The van der Waals surface area contributed by atoms with Gasteiger partial charge in [-0.1, -0.05) is 36.4 Å². The average Bonchev–Trinajstić information content (AvgIpc) is 2.83. The summed E-state index contributed by atoms with van der Waals surface area (Å²) in [5.41, 5.74) is 2.02. The van der Waals surface area contributed by atoms with Crippen LogP contribution in [0.25, 0.3) is 10.8 Å². The Balaban J connectivity index is 1.45. The predicted octanol–water partition coefficient (Wildman–Crippen LogP) is 4.46. The van der Waals surface area contributed by atoms with E-state index in [1.54, 1.807) is 37.1 Å². The third-order valence-corrected chi connectivity index (χ3v) is 6.10. The molecule has 3 aromatic carbocycles. The first-order valence-corrected chi connectivity index (χ1v) is 10.9. The van der Waals surface area contributed by atoms with Gasteiger partial charge in [0.05, 0.1) is 13.0 Å². The van der Waals surface area contributed by atoms with Crippen molar-refractivity contribution >= 4 is 22.6 Å². The number of nitrogens with one attached hydrogen (secondary N) is 1. The molecule has 0 aromatic heterocycles. The molecule has 1 heterocycles. The summed E-state index contributed by atoms with van der Waals surface area (Å²) < 4.78 is 18.9. The van der Waals surface area contributed by atoms with Gasteiger partial charge in [-0.2, -0.15) is 0 Å². The van der Waals surface area contributed by atoms with E-state index in [1.807, 2.05) is 30.3 Å². The van der Waals surface area contributed by atoms with Gasteiger partial charge in [0.2, 0.25) is 5.91 Å². The quantitative estimate of drug-likeness (QED) is 0.645. The maximum atomic E-state index is 13.5. The fraction of sp³-hybridized carbons (Fsp3) is 0.308. The number of aryl methyl sites for hydroxylation is 1. The molecule has 1 N–H and O–H groups in total. The summed E-state index contributed by atoms with van der Waals surface area (Å²) >= 11 is 0. The first-order valence-electron chi connectivity index (χ1n) is 10.9. The smallest absolute Gasteiger partial charge is 0.254 e. The van der Waals surface area contributed by atoms with Crippen molar-refractivity contribution in [3.05, 3.63) is 77.1 Å². The SMILES string of the molecule is COc1ccc(C(=O)N2CCC[C@H](C(=O)NCc3ccc(F)c(C)c3)C2)c2ccccc12. The van der Waals surface area contributed by atoms with E-state index in [2.05, 4.69) is 5.32 Å². The van der Waals surface area contributed by atoms with Crippen LogP contribution in [0.15, 0.2) is 54.6 Å². The number of carbonyl (C=O) groups is 2. The van der Waals surface area contributed by atoms with Crippen LogP contribution in [0.3, 0.4) is 0 Å².